The molecule has 108 valence electrons. The molecule has 1 heterocycles. The molecule has 0 spiro atoms. The minimum absolute atomic E-state index is 0.376. The van der Waals surface area contributed by atoms with Gasteiger partial charge in [0.25, 0.3) is 0 Å². The van der Waals surface area contributed by atoms with Gasteiger partial charge in [0, 0.05) is 6.04 Å². The van der Waals surface area contributed by atoms with Crippen molar-refractivity contribution in [3.63, 3.8) is 0 Å². The number of hydrogen-bond donors (Lipinski definition) is 1. The van der Waals surface area contributed by atoms with Crippen LogP contribution in [0.15, 0.2) is 0 Å². The molecule has 4 saturated carbocycles. The number of hydrogen-bond acceptors (Lipinski definition) is 2. The number of rotatable bonds is 4. The minimum atomic E-state index is 0.376. The van der Waals surface area contributed by atoms with Crippen LogP contribution in [0.25, 0.3) is 0 Å². The molecule has 0 aromatic carbocycles. The Labute approximate surface area is 117 Å². The molecule has 4 aliphatic carbocycles. The maximum absolute atomic E-state index is 9.46. The third kappa shape index (κ3) is 2.25. The molecule has 1 aliphatic heterocycles. The van der Waals surface area contributed by atoms with E-state index in [4.69, 9.17) is 0 Å². The molecule has 5 fully saturated rings. The lowest BCUT2D eigenvalue weighted by molar-refractivity contribution is -0.0619. The van der Waals surface area contributed by atoms with Crippen LogP contribution in [0.5, 0.6) is 0 Å². The highest BCUT2D eigenvalue weighted by Gasteiger charge is 2.50. The average molecular weight is 263 g/mol. The van der Waals surface area contributed by atoms with Gasteiger partial charge in [0.2, 0.25) is 0 Å². The molecule has 0 radical (unpaired) electrons. The normalized spacial score (nSPS) is 49.1. The van der Waals surface area contributed by atoms with E-state index in [1.54, 1.807) is 19.3 Å². The maximum Gasteiger partial charge on any atom is 0.0586 e. The van der Waals surface area contributed by atoms with Crippen molar-refractivity contribution < 1.29 is 5.11 Å². The first-order chi connectivity index (χ1) is 9.26. The highest BCUT2D eigenvalue weighted by atomic mass is 16.3. The first-order valence-corrected chi connectivity index (χ1v) is 8.61. The van der Waals surface area contributed by atoms with E-state index < -0.39 is 0 Å². The van der Waals surface area contributed by atoms with Gasteiger partial charge >= 0.3 is 0 Å². The van der Waals surface area contributed by atoms with Gasteiger partial charge in [-0.15, -0.1) is 0 Å². The summed E-state index contributed by atoms with van der Waals surface area (Å²) in [6, 6.07) is 0.480. The first-order valence-electron chi connectivity index (χ1n) is 8.61. The smallest absolute Gasteiger partial charge is 0.0586 e. The Bertz CT molecular complexity index is 305. The van der Waals surface area contributed by atoms with Crippen LogP contribution in [-0.2, 0) is 0 Å². The minimum Gasteiger partial charge on any atom is -0.395 e. The summed E-state index contributed by atoms with van der Waals surface area (Å²) in [4.78, 5) is 2.58. The van der Waals surface area contributed by atoms with Gasteiger partial charge in [0.15, 0.2) is 0 Å². The molecule has 2 nitrogen and oxygen atoms in total. The van der Waals surface area contributed by atoms with Gasteiger partial charge in [-0.3, -0.25) is 4.90 Å². The topological polar surface area (TPSA) is 23.5 Å². The van der Waals surface area contributed by atoms with E-state index in [1.807, 2.05) is 0 Å². The van der Waals surface area contributed by atoms with Crippen molar-refractivity contribution in [1.29, 1.82) is 0 Å². The molecule has 1 N–H and O–H groups in total. The number of aliphatic hydroxyl groups excluding tert-OH is 1. The summed E-state index contributed by atoms with van der Waals surface area (Å²) in [5.41, 5.74) is 0.720. The van der Waals surface area contributed by atoms with E-state index in [9.17, 15) is 5.11 Å². The molecule has 0 aromatic heterocycles. The molecule has 1 atom stereocenters. The molecule has 5 aliphatic rings. The van der Waals surface area contributed by atoms with Crippen molar-refractivity contribution in [3.05, 3.63) is 0 Å². The zero-order valence-corrected chi connectivity index (χ0v) is 12.2. The van der Waals surface area contributed by atoms with E-state index in [1.165, 1.54) is 51.6 Å². The third-order valence-electron chi connectivity index (χ3n) is 6.80. The van der Waals surface area contributed by atoms with Crippen molar-refractivity contribution in [2.45, 2.75) is 63.8 Å². The van der Waals surface area contributed by atoms with Crippen molar-refractivity contribution in [1.82, 2.24) is 4.90 Å². The molecular formula is C17H29NO. The zero-order valence-electron chi connectivity index (χ0n) is 12.2. The third-order valence-corrected chi connectivity index (χ3v) is 6.80. The first kappa shape index (κ1) is 12.6. The van der Waals surface area contributed by atoms with E-state index in [0.717, 1.165) is 23.2 Å². The lowest BCUT2D eigenvalue weighted by atomic mass is 9.49. The SMILES string of the molecule is OCC1CCCN1CCC12CC3CC(CC(C3)C1)C2. The summed E-state index contributed by atoms with van der Waals surface area (Å²) >= 11 is 0. The Morgan fingerprint density at radius 1 is 1.00 bits per heavy atom. The second kappa shape index (κ2) is 4.73. The number of nitrogens with zero attached hydrogens (tertiary/aromatic N) is 1. The van der Waals surface area contributed by atoms with Gasteiger partial charge in [0.05, 0.1) is 6.61 Å². The van der Waals surface area contributed by atoms with Crippen LogP contribution in [0.1, 0.15) is 57.8 Å². The van der Waals surface area contributed by atoms with E-state index in [2.05, 4.69) is 4.90 Å². The highest BCUT2D eigenvalue weighted by Crippen LogP contribution is 2.61. The fourth-order valence-electron chi connectivity index (χ4n) is 6.37. The highest BCUT2D eigenvalue weighted by molar-refractivity contribution is 5.01. The van der Waals surface area contributed by atoms with Crippen LogP contribution in [-0.4, -0.2) is 35.7 Å². The molecule has 5 rings (SSSR count). The maximum atomic E-state index is 9.46. The lowest BCUT2D eigenvalue weighted by Gasteiger charge is -2.57. The molecule has 0 aromatic rings. The van der Waals surface area contributed by atoms with Gasteiger partial charge in [-0.2, -0.15) is 0 Å². The van der Waals surface area contributed by atoms with Crippen LogP contribution < -0.4 is 0 Å². The monoisotopic (exact) mass is 263 g/mol. The molecule has 1 unspecified atom stereocenters. The Morgan fingerprint density at radius 3 is 2.21 bits per heavy atom. The second-order valence-corrected chi connectivity index (χ2v) is 8.18. The summed E-state index contributed by atoms with van der Waals surface area (Å²) in [6.07, 6.45) is 13.2. The Hall–Kier alpha value is -0.0800. The van der Waals surface area contributed by atoms with Gasteiger partial charge in [0.1, 0.15) is 0 Å². The summed E-state index contributed by atoms with van der Waals surface area (Å²) < 4.78 is 0. The predicted octanol–water partition coefficient (Wildman–Crippen LogP) is 3.05. The van der Waals surface area contributed by atoms with Gasteiger partial charge < -0.3 is 5.11 Å². The molecule has 4 bridgehead atoms. The molecule has 0 amide bonds. The molecular weight excluding hydrogens is 234 g/mol. The van der Waals surface area contributed by atoms with Crippen LogP contribution in [0.4, 0.5) is 0 Å². The second-order valence-electron chi connectivity index (χ2n) is 8.18. The summed E-state index contributed by atoms with van der Waals surface area (Å²) in [5, 5.41) is 9.46. The van der Waals surface area contributed by atoms with Crippen molar-refractivity contribution in [3.8, 4) is 0 Å². The Balaban J connectivity index is 1.40. The van der Waals surface area contributed by atoms with Gasteiger partial charge in [-0.1, -0.05) is 0 Å². The fourth-order valence-corrected chi connectivity index (χ4v) is 6.37. The van der Waals surface area contributed by atoms with Crippen molar-refractivity contribution in [2.24, 2.45) is 23.2 Å². The quantitative estimate of drug-likeness (QED) is 0.842. The van der Waals surface area contributed by atoms with Crippen molar-refractivity contribution in [2.75, 3.05) is 19.7 Å². The van der Waals surface area contributed by atoms with Crippen molar-refractivity contribution >= 4 is 0 Å². The lowest BCUT2D eigenvalue weighted by Crippen LogP contribution is -2.47. The molecule has 19 heavy (non-hydrogen) atoms. The van der Waals surface area contributed by atoms with E-state index >= 15 is 0 Å². The largest absolute Gasteiger partial charge is 0.395 e. The molecule has 2 heteroatoms. The van der Waals surface area contributed by atoms with Crippen LogP contribution in [0.3, 0.4) is 0 Å². The average Bonchev–Trinajstić information content (AvgIpc) is 2.82. The Morgan fingerprint density at radius 2 is 1.63 bits per heavy atom. The van der Waals surface area contributed by atoms with Gasteiger partial charge in [-0.05, 0) is 94.0 Å². The van der Waals surface area contributed by atoms with E-state index in [-0.39, 0.29) is 0 Å². The summed E-state index contributed by atoms with van der Waals surface area (Å²) in [6.45, 7) is 2.87. The molecule has 1 saturated heterocycles. The zero-order chi connectivity index (χ0) is 12.9. The standard InChI is InChI=1S/C17H29NO/c19-12-16-2-1-4-18(16)5-3-17-9-13-6-14(10-17)8-15(7-13)11-17/h13-16,19H,1-12H2. The fraction of sp³-hybridized carbons (Fsp3) is 1.00. The number of aliphatic hydroxyl groups is 1. The van der Waals surface area contributed by atoms with E-state index in [0.29, 0.717) is 12.6 Å². The number of likely N-dealkylation sites (tertiary alicyclic amines) is 1. The predicted molar refractivity (Wildman–Crippen MR) is 76.9 cm³/mol. The summed E-state index contributed by atoms with van der Waals surface area (Å²) in [7, 11) is 0. The van der Waals surface area contributed by atoms with Gasteiger partial charge in [-0.25, -0.2) is 0 Å². The van der Waals surface area contributed by atoms with Crippen LogP contribution in [0.2, 0.25) is 0 Å². The van der Waals surface area contributed by atoms with Crippen LogP contribution in [0, 0.1) is 23.2 Å². The van der Waals surface area contributed by atoms with Crippen LogP contribution >= 0.6 is 0 Å². The Kier molecular flexibility index (Phi) is 3.15. The summed E-state index contributed by atoms with van der Waals surface area (Å²) in [5.74, 6) is 3.25.